The first-order chi connectivity index (χ1) is 10.0. The third-order valence-corrected chi connectivity index (χ3v) is 3.08. The van der Waals surface area contributed by atoms with Crippen molar-refractivity contribution in [3.8, 4) is 0 Å². The number of azide groups is 1. The van der Waals surface area contributed by atoms with Crippen LogP contribution in [0.1, 0.15) is 26.3 Å². The van der Waals surface area contributed by atoms with E-state index in [-0.39, 0.29) is 27.4 Å². The number of carbonyl (C=O) groups is 2. The van der Waals surface area contributed by atoms with E-state index in [1.807, 2.05) is 0 Å². The number of ketones is 1. The van der Waals surface area contributed by atoms with Crippen LogP contribution < -0.4 is 0 Å². The van der Waals surface area contributed by atoms with Gasteiger partial charge in [-0.3, -0.25) is 4.79 Å². The van der Waals surface area contributed by atoms with E-state index in [2.05, 4.69) is 10.0 Å². The van der Waals surface area contributed by atoms with Crippen molar-refractivity contribution in [3.05, 3.63) is 74.6 Å². The zero-order valence-corrected chi connectivity index (χ0v) is 11.3. The number of benzene rings is 2. The number of carboxylic acid groups (broad SMARTS) is 1. The van der Waals surface area contributed by atoms with E-state index >= 15 is 0 Å². The highest BCUT2D eigenvalue weighted by Crippen LogP contribution is 2.27. The molecule has 0 fully saturated rings. The summed E-state index contributed by atoms with van der Waals surface area (Å²) in [4.78, 5) is 26.2. The van der Waals surface area contributed by atoms with E-state index in [1.54, 1.807) is 6.07 Å². The molecule has 0 aromatic heterocycles. The highest BCUT2D eigenvalue weighted by molar-refractivity contribution is 6.33. The summed E-state index contributed by atoms with van der Waals surface area (Å²) < 4.78 is 0. The summed E-state index contributed by atoms with van der Waals surface area (Å²) in [6.45, 7) is 0. The van der Waals surface area contributed by atoms with Crippen LogP contribution in [0.4, 0.5) is 5.69 Å². The predicted molar refractivity (Wildman–Crippen MR) is 77.1 cm³/mol. The smallest absolute Gasteiger partial charge is 0.336 e. The van der Waals surface area contributed by atoms with Crippen molar-refractivity contribution < 1.29 is 14.7 Å². The van der Waals surface area contributed by atoms with E-state index in [4.69, 9.17) is 22.2 Å². The van der Waals surface area contributed by atoms with Crippen LogP contribution >= 0.6 is 11.6 Å². The summed E-state index contributed by atoms with van der Waals surface area (Å²) >= 11 is 5.84. The summed E-state index contributed by atoms with van der Waals surface area (Å²) in [5, 5.41) is 12.7. The molecule has 104 valence electrons. The maximum atomic E-state index is 12.4. The van der Waals surface area contributed by atoms with Gasteiger partial charge in [-0.25, -0.2) is 4.79 Å². The quantitative estimate of drug-likeness (QED) is 0.396. The van der Waals surface area contributed by atoms with Gasteiger partial charge in [0.2, 0.25) is 0 Å². The Morgan fingerprint density at radius 2 is 1.81 bits per heavy atom. The standard InChI is InChI=1S/C14H8ClN3O3/c15-11-6-5-8(7-12(11)17-18-16)13(19)9-3-1-2-4-10(9)14(20)21/h1-7H,(H,20,21). The van der Waals surface area contributed by atoms with Crippen LogP contribution in [0.3, 0.4) is 0 Å². The van der Waals surface area contributed by atoms with Crippen LogP contribution in [0.25, 0.3) is 10.4 Å². The molecule has 0 aliphatic heterocycles. The number of hydrogen-bond donors (Lipinski definition) is 1. The topological polar surface area (TPSA) is 103 Å². The van der Waals surface area contributed by atoms with Gasteiger partial charge in [-0.05, 0) is 29.8 Å². The Morgan fingerprint density at radius 1 is 1.14 bits per heavy atom. The van der Waals surface area contributed by atoms with Crippen LogP contribution in [0.2, 0.25) is 5.02 Å². The summed E-state index contributed by atoms with van der Waals surface area (Å²) in [6.07, 6.45) is 0. The second-order valence-electron chi connectivity index (χ2n) is 4.04. The normalized spacial score (nSPS) is 9.76. The SMILES string of the molecule is [N-]=[N+]=Nc1cc(C(=O)c2ccccc2C(=O)O)ccc1Cl. The minimum atomic E-state index is -1.19. The van der Waals surface area contributed by atoms with E-state index in [1.165, 1.54) is 36.4 Å². The maximum absolute atomic E-state index is 12.4. The Morgan fingerprint density at radius 3 is 2.43 bits per heavy atom. The van der Waals surface area contributed by atoms with E-state index in [0.717, 1.165) is 0 Å². The van der Waals surface area contributed by atoms with Crippen LogP contribution in [0, 0.1) is 0 Å². The van der Waals surface area contributed by atoms with Gasteiger partial charge in [0.25, 0.3) is 0 Å². The molecule has 0 aliphatic rings. The van der Waals surface area contributed by atoms with Crippen molar-refractivity contribution in [3.63, 3.8) is 0 Å². The Bertz CT molecular complexity index is 783. The van der Waals surface area contributed by atoms with Crippen molar-refractivity contribution >= 4 is 29.0 Å². The number of aromatic carboxylic acids is 1. The number of carbonyl (C=O) groups excluding carboxylic acids is 1. The molecule has 0 bridgehead atoms. The predicted octanol–water partition coefficient (Wildman–Crippen LogP) is 4.21. The summed E-state index contributed by atoms with van der Waals surface area (Å²) in [7, 11) is 0. The Balaban J connectivity index is 2.53. The van der Waals surface area contributed by atoms with Gasteiger partial charge in [0.05, 0.1) is 16.3 Å². The van der Waals surface area contributed by atoms with Crippen molar-refractivity contribution in [2.45, 2.75) is 0 Å². The highest BCUT2D eigenvalue weighted by atomic mass is 35.5. The van der Waals surface area contributed by atoms with Gasteiger partial charge in [-0.2, -0.15) is 0 Å². The number of hydrogen-bond acceptors (Lipinski definition) is 3. The fraction of sp³-hybridized carbons (Fsp3) is 0. The van der Waals surface area contributed by atoms with Crippen molar-refractivity contribution in [2.24, 2.45) is 5.11 Å². The van der Waals surface area contributed by atoms with Gasteiger partial charge >= 0.3 is 5.97 Å². The fourth-order valence-electron chi connectivity index (χ4n) is 1.80. The maximum Gasteiger partial charge on any atom is 0.336 e. The molecule has 6 nitrogen and oxygen atoms in total. The van der Waals surface area contributed by atoms with Gasteiger partial charge in [0, 0.05) is 16.0 Å². The molecule has 21 heavy (non-hydrogen) atoms. The van der Waals surface area contributed by atoms with Crippen LogP contribution in [-0.2, 0) is 0 Å². The van der Waals surface area contributed by atoms with Crippen LogP contribution in [0.15, 0.2) is 47.6 Å². The zero-order chi connectivity index (χ0) is 15.4. The monoisotopic (exact) mass is 301 g/mol. The lowest BCUT2D eigenvalue weighted by molar-refractivity contribution is 0.0693. The molecule has 0 heterocycles. The van der Waals surface area contributed by atoms with E-state index < -0.39 is 11.8 Å². The largest absolute Gasteiger partial charge is 0.478 e. The minimum absolute atomic E-state index is 0.0548. The minimum Gasteiger partial charge on any atom is -0.478 e. The molecule has 0 amide bonds. The van der Waals surface area contributed by atoms with Crippen LogP contribution in [0.5, 0.6) is 0 Å². The summed E-state index contributed by atoms with van der Waals surface area (Å²) in [6, 6.07) is 10.1. The first kappa shape index (κ1) is 14.6. The van der Waals surface area contributed by atoms with Crippen LogP contribution in [-0.4, -0.2) is 16.9 Å². The zero-order valence-electron chi connectivity index (χ0n) is 10.5. The molecule has 0 unspecified atom stereocenters. The molecule has 2 rings (SSSR count). The molecule has 0 radical (unpaired) electrons. The molecule has 0 spiro atoms. The lowest BCUT2D eigenvalue weighted by Crippen LogP contribution is -2.09. The molecule has 0 saturated heterocycles. The number of halogens is 1. The van der Waals surface area contributed by atoms with Crippen molar-refractivity contribution in [1.82, 2.24) is 0 Å². The second kappa shape index (κ2) is 6.09. The van der Waals surface area contributed by atoms with E-state index in [9.17, 15) is 9.59 Å². The van der Waals surface area contributed by atoms with Gasteiger partial charge in [-0.15, -0.1) is 0 Å². The Kier molecular flexibility index (Phi) is 4.23. The second-order valence-corrected chi connectivity index (χ2v) is 4.44. The fourth-order valence-corrected chi connectivity index (χ4v) is 1.96. The Labute approximate surface area is 124 Å². The van der Waals surface area contributed by atoms with E-state index in [0.29, 0.717) is 0 Å². The number of carboxylic acids is 1. The molecule has 2 aromatic carbocycles. The Hall–Kier alpha value is -2.82. The summed E-state index contributed by atoms with van der Waals surface area (Å²) in [5.74, 6) is -1.68. The molecule has 0 aliphatic carbocycles. The van der Waals surface area contributed by atoms with Gasteiger partial charge in [-0.1, -0.05) is 34.9 Å². The average Bonchev–Trinajstić information content (AvgIpc) is 2.49. The van der Waals surface area contributed by atoms with Gasteiger partial charge in [0.1, 0.15) is 0 Å². The lowest BCUT2D eigenvalue weighted by Gasteiger charge is -2.06. The lowest BCUT2D eigenvalue weighted by atomic mass is 9.98. The first-order valence-electron chi connectivity index (χ1n) is 5.76. The molecule has 2 aromatic rings. The third kappa shape index (κ3) is 3.02. The van der Waals surface area contributed by atoms with Crippen molar-refractivity contribution in [1.29, 1.82) is 0 Å². The van der Waals surface area contributed by atoms with Gasteiger partial charge in [0.15, 0.2) is 5.78 Å². The molecular formula is C14H8ClN3O3. The first-order valence-corrected chi connectivity index (χ1v) is 6.14. The van der Waals surface area contributed by atoms with Crippen molar-refractivity contribution in [2.75, 3.05) is 0 Å². The number of rotatable bonds is 4. The third-order valence-electron chi connectivity index (χ3n) is 2.76. The highest BCUT2D eigenvalue weighted by Gasteiger charge is 2.18. The molecule has 1 N–H and O–H groups in total. The molecule has 0 saturated carbocycles. The molecular weight excluding hydrogens is 294 g/mol. The summed E-state index contributed by atoms with van der Waals surface area (Å²) in [5.41, 5.74) is 8.70. The molecule has 0 atom stereocenters. The average molecular weight is 302 g/mol. The number of nitrogens with zero attached hydrogens (tertiary/aromatic N) is 3. The van der Waals surface area contributed by atoms with Gasteiger partial charge < -0.3 is 5.11 Å². The molecule has 7 heteroatoms.